The molecule has 2 aromatic carbocycles. The van der Waals surface area contributed by atoms with Gasteiger partial charge in [-0.2, -0.15) is 5.10 Å². The molecule has 0 radical (unpaired) electrons. The zero-order chi connectivity index (χ0) is 19.6. The molecule has 0 aliphatic rings. The van der Waals surface area contributed by atoms with Gasteiger partial charge in [0.2, 0.25) is 5.91 Å². The summed E-state index contributed by atoms with van der Waals surface area (Å²) in [6, 6.07) is 11.8. The fourth-order valence-corrected chi connectivity index (χ4v) is 2.82. The quantitative estimate of drug-likeness (QED) is 0.551. The summed E-state index contributed by atoms with van der Waals surface area (Å²) in [6.07, 6.45) is -0.833. The van der Waals surface area contributed by atoms with Crippen LogP contribution in [0.15, 0.2) is 48.7 Å². The third-order valence-electron chi connectivity index (χ3n) is 4.13. The molecule has 140 valence electrons. The lowest BCUT2D eigenvalue weighted by atomic mass is 10.1. The van der Waals surface area contributed by atoms with E-state index in [-0.39, 0.29) is 0 Å². The number of nitrogens with one attached hydrogen (secondary N) is 2. The van der Waals surface area contributed by atoms with Crippen LogP contribution >= 0.6 is 0 Å². The Morgan fingerprint density at radius 3 is 2.63 bits per heavy atom. The van der Waals surface area contributed by atoms with Crippen LogP contribution < -0.4 is 10.6 Å². The number of amides is 2. The summed E-state index contributed by atoms with van der Waals surface area (Å²) in [5.74, 6) is -0.645. The van der Waals surface area contributed by atoms with Gasteiger partial charge in [0.1, 0.15) is 6.04 Å². The van der Waals surface area contributed by atoms with E-state index in [0.29, 0.717) is 5.69 Å². The number of aryl methyl sites for hydroxylation is 1. The number of aliphatic hydroxyl groups is 1. The van der Waals surface area contributed by atoms with E-state index in [1.54, 1.807) is 23.0 Å². The van der Waals surface area contributed by atoms with Gasteiger partial charge in [-0.15, -0.1) is 0 Å². The zero-order valence-electron chi connectivity index (χ0n) is 14.9. The highest BCUT2D eigenvalue weighted by Gasteiger charge is 2.25. The highest BCUT2D eigenvalue weighted by Crippen LogP contribution is 2.22. The molecule has 27 heavy (non-hydrogen) atoms. The van der Waals surface area contributed by atoms with Gasteiger partial charge in [0.15, 0.2) is 0 Å². The van der Waals surface area contributed by atoms with Crippen molar-refractivity contribution in [3.8, 4) is 5.69 Å². The summed E-state index contributed by atoms with van der Waals surface area (Å²) in [5, 5.41) is 28.4. The van der Waals surface area contributed by atoms with Gasteiger partial charge in [-0.1, -0.05) is 12.1 Å². The second kappa shape index (κ2) is 7.46. The Bertz CT molecular complexity index is 996. The monoisotopic (exact) mass is 368 g/mol. The molecule has 0 unspecified atom stereocenters. The van der Waals surface area contributed by atoms with Crippen LogP contribution in [0.4, 0.5) is 10.5 Å². The van der Waals surface area contributed by atoms with Crippen molar-refractivity contribution in [2.75, 3.05) is 5.32 Å². The minimum absolute atomic E-state index is 0.472. The number of fused-ring (bicyclic) bond motifs is 1. The Morgan fingerprint density at radius 1 is 1.19 bits per heavy atom. The fourth-order valence-electron chi connectivity index (χ4n) is 2.82. The number of carboxylic acid groups (broad SMARTS) is 1. The van der Waals surface area contributed by atoms with E-state index >= 15 is 0 Å². The largest absolute Gasteiger partial charge is 0.465 e. The van der Waals surface area contributed by atoms with Crippen molar-refractivity contribution in [3.63, 3.8) is 0 Å². The minimum atomic E-state index is -1.39. The number of benzene rings is 2. The SMILES string of the molecule is Cc1cccc(-n2ncc3ccc(NC(=O)[C@@H](NC(=O)O)[C@H](C)O)cc32)c1. The summed E-state index contributed by atoms with van der Waals surface area (Å²) in [7, 11) is 0. The van der Waals surface area contributed by atoms with Crippen LogP contribution in [0, 0.1) is 6.92 Å². The van der Waals surface area contributed by atoms with E-state index in [2.05, 4.69) is 10.4 Å². The molecule has 3 aromatic rings. The highest BCUT2D eigenvalue weighted by molar-refractivity contribution is 5.98. The predicted octanol–water partition coefficient (Wildman–Crippen LogP) is 2.29. The van der Waals surface area contributed by atoms with Crippen molar-refractivity contribution in [1.82, 2.24) is 15.1 Å². The summed E-state index contributed by atoms with van der Waals surface area (Å²) >= 11 is 0. The third-order valence-corrected chi connectivity index (χ3v) is 4.13. The number of carbonyl (C=O) groups is 2. The van der Waals surface area contributed by atoms with Crippen molar-refractivity contribution < 1.29 is 19.8 Å². The Balaban J connectivity index is 1.91. The molecule has 8 nitrogen and oxygen atoms in total. The molecule has 0 bridgehead atoms. The second-order valence-corrected chi connectivity index (χ2v) is 6.33. The molecule has 0 aliphatic heterocycles. The van der Waals surface area contributed by atoms with Gasteiger partial charge in [-0.05, 0) is 49.7 Å². The van der Waals surface area contributed by atoms with Crippen LogP contribution in [0.3, 0.4) is 0 Å². The second-order valence-electron chi connectivity index (χ2n) is 6.33. The number of aromatic nitrogens is 2. The smallest absolute Gasteiger partial charge is 0.405 e. The molecule has 4 N–H and O–H groups in total. The first-order chi connectivity index (χ1) is 12.8. The summed E-state index contributed by atoms with van der Waals surface area (Å²) < 4.78 is 1.76. The molecular formula is C19H20N4O4. The zero-order valence-corrected chi connectivity index (χ0v) is 14.9. The van der Waals surface area contributed by atoms with Crippen molar-refractivity contribution in [3.05, 3.63) is 54.2 Å². The summed E-state index contributed by atoms with van der Waals surface area (Å²) in [6.45, 7) is 3.34. The molecule has 0 saturated carbocycles. The first kappa shape index (κ1) is 18.4. The number of rotatable bonds is 5. The molecule has 0 aliphatic carbocycles. The fraction of sp³-hybridized carbons (Fsp3) is 0.211. The summed E-state index contributed by atoms with van der Waals surface area (Å²) in [5.41, 5.74) is 3.25. The lowest BCUT2D eigenvalue weighted by Gasteiger charge is -2.19. The van der Waals surface area contributed by atoms with Crippen molar-refractivity contribution in [1.29, 1.82) is 0 Å². The first-order valence-corrected chi connectivity index (χ1v) is 8.38. The third kappa shape index (κ3) is 4.06. The molecule has 2 atom stereocenters. The van der Waals surface area contributed by atoms with Gasteiger partial charge >= 0.3 is 6.09 Å². The normalized spacial score (nSPS) is 13.1. The molecule has 1 heterocycles. The topological polar surface area (TPSA) is 116 Å². The van der Waals surface area contributed by atoms with Crippen LogP contribution in [0.1, 0.15) is 12.5 Å². The molecule has 3 rings (SSSR count). The molecule has 0 spiro atoms. The van der Waals surface area contributed by atoms with Gasteiger partial charge in [0.25, 0.3) is 0 Å². The molecule has 0 fully saturated rings. The van der Waals surface area contributed by atoms with Crippen molar-refractivity contribution >= 4 is 28.6 Å². The lowest BCUT2D eigenvalue weighted by molar-refractivity contribution is -0.120. The maximum absolute atomic E-state index is 12.3. The van der Waals surface area contributed by atoms with Crippen LogP contribution in [-0.2, 0) is 4.79 Å². The predicted molar refractivity (Wildman–Crippen MR) is 101 cm³/mol. The van der Waals surface area contributed by atoms with E-state index in [1.165, 1.54) is 6.92 Å². The van der Waals surface area contributed by atoms with Gasteiger partial charge in [0.05, 0.1) is 23.5 Å². The van der Waals surface area contributed by atoms with Gasteiger partial charge in [-0.25, -0.2) is 9.48 Å². The van der Waals surface area contributed by atoms with Gasteiger partial charge in [0, 0.05) is 11.1 Å². The maximum Gasteiger partial charge on any atom is 0.405 e. The minimum Gasteiger partial charge on any atom is -0.465 e. The Kier molecular flexibility index (Phi) is 5.09. The average Bonchev–Trinajstić information content (AvgIpc) is 3.02. The number of carbonyl (C=O) groups excluding carboxylic acids is 1. The van der Waals surface area contributed by atoms with Crippen molar-refractivity contribution in [2.24, 2.45) is 0 Å². The number of anilines is 1. The standard InChI is InChI=1S/C19H20N4O4/c1-11-4-3-5-15(8-11)23-16-9-14(7-6-13(16)10-20-23)21-18(25)17(12(2)24)22-19(26)27/h3-10,12,17,22,24H,1-2H3,(H,21,25)(H,26,27)/t12-,17-/m0/s1. The van der Waals surface area contributed by atoms with Crippen LogP contribution in [0.25, 0.3) is 16.6 Å². The van der Waals surface area contributed by atoms with Crippen LogP contribution in [0.5, 0.6) is 0 Å². The Morgan fingerprint density at radius 2 is 1.96 bits per heavy atom. The van der Waals surface area contributed by atoms with Crippen LogP contribution in [0.2, 0.25) is 0 Å². The van der Waals surface area contributed by atoms with Gasteiger partial charge in [-0.3, -0.25) is 4.79 Å². The van der Waals surface area contributed by atoms with E-state index in [0.717, 1.165) is 22.2 Å². The van der Waals surface area contributed by atoms with Crippen LogP contribution in [-0.4, -0.2) is 44.1 Å². The molecular weight excluding hydrogens is 348 g/mol. The highest BCUT2D eigenvalue weighted by atomic mass is 16.4. The average molecular weight is 368 g/mol. The molecule has 1 aromatic heterocycles. The van der Waals surface area contributed by atoms with E-state index in [4.69, 9.17) is 5.11 Å². The Labute approximate surface area is 155 Å². The molecule has 8 heteroatoms. The van der Waals surface area contributed by atoms with E-state index < -0.39 is 24.1 Å². The van der Waals surface area contributed by atoms with E-state index in [1.807, 2.05) is 42.6 Å². The number of hydrogen-bond donors (Lipinski definition) is 4. The summed E-state index contributed by atoms with van der Waals surface area (Å²) in [4.78, 5) is 23.2. The first-order valence-electron chi connectivity index (χ1n) is 8.38. The molecule has 0 saturated heterocycles. The Hall–Kier alpha value is -3.39. The molecule has 2 amide bonds. The number of aliphatic hydroxyl groups excluding tert-OH is 1. The maximum atomic E-state index is 12.3. The van der Waals surface area contributed by atoms with Crippen molar-refractivity contribution in [2.45, 2.75) is 26.0 Å². The lowest BCUT2D eigenvalue weighted by Crippen LogP contribution is -2.49. The van der Waals surface area contributed by atoms with E-state index in [9.17, 15) is 14.7 Å². The number of hydrogen-bond acceptors (Lipinski definition) is 4. The van der Waals surface area contributed by atoms with Gasteiger partial charge < -0.3 is 20.8 Å². The number of nitrogens with zero attached hydrogens (tertiary/aromatic N) is 2.